The van der Waals surface area contributed by atoms with Gasteiger partial charge < -0.3 is 30.4 Å². The summed E-state index contributed by atoms with van der Waals surface area (Å²) in [7, 11) is 1.53. The van der Waals surface area contributed by atoms with E-state index in [1.807, 2.05) is 0 Å². The lowest BCUT2D eigenvalue weighted by Gasteiger charge is -2.43. The molecule has 1 aliphatic carbocycles. The number of methoxy groups -OCH3 is 1. The van der Waals surface area contributed by atoms with Gasteiger partial charge in [0.2, 0.25) is 0 Å². The molecular formula is C24H30N6O7. The number of nitro groups is 1. The Hall–Kier alpha value is -4.13. The first-order valence-corrected chi connectivity index (χ1v) is 12.1. The predicted octanol–water partition coefficient (Wildman–Crippen LogP) is 2.29. The van der Waals surface area contributed by atoms with E-state index in [4.69, 9.17) is 14.9 Å². The molecule has 4 amide bonds. The first kappa shape index (κ1) is 25.9. The minimum Gasteiger partial charge on any atom is -0.497 e. The summed E-state index contributed by atoms with van der Waals surface area (Å²) in [6.07, 6.45) is 2.02. The molecule has 1 aromatic carbocycles. The number of carbonyl (C=O) groups excluding carboxylic acids is 3. The summed E-state index contributed by atoms with van der Waals surface area (Å²) < 4.78 is 10.2. The van der Waals surface area contributed by atoms with Crippen molar-refractivity contribution < 1.29 is 28.5 Å². The number of carbonyl (C=O) groups is 3. The first-order valence-electron chi connectivity index (χ1n) is 12.1. The maximum atomic E-state index is 13.5. The van der Waals surface area contributed by atoms with Crippen molar-refractivity contribution in [1.82, 2.24) is 15.1 Å². The third kappa shape index (κ3) is 6.00. The van der Waals surface area contributed by atoms with Gasteiger partial charge in [0.25, 0.3) is 11.8 Å². The second-order valence-electron chi connectivity index (χ2n) is 9.09. The van der Waals surface area contributed by atoms with Crippen molar-refractivity contribution >= 4 is 29.4 Å². The molecule has 13 nitrogen and oxygen atoms in total. The molecule has 2 fully saturated rings. The van der Waals surface area contributed by atoms with Crippen LogP contribution in [-0.2, 0) is 4.79 Å². The second kappa shape index (κ2) is 11.3. The Morgan fingerprint density at radius 3 is 2.35 bits per heavy atom. The summed E-state index contributed by atoms with van der Waals surface area (Å²) >= 11 is 0. The van der Waals surface area contributed by atoms with Crippen LogP contribution in [0.25, 0.3) is 0 Å². The molecule has 4 rings (SSSR count). The third-order valence-corrected chi connectivity index (χ3v) is 6.59. The van der Waals surface area contributed by atoms with Gasteiger partial charge >= 0.3 is 11.9 Å². The highest BCUT2D eigenvalue weighted by molar-refractivity contribution is 5.99. The highest BCUT2D eigenvalue weighted by Crippen LogP contribution is 2.25. The van der Waals surface area contributed by atoms with Gasteiger partial charge in [-0.05, 0) is 62.4 Å². The Bertz CT molecular complexity index is 1140. The molecule has 2 aromatic rings. The van der Waals surface area contributed by atoms with Gasteiger partial charge in [0.05, 0.1) is 13.2 Å². The summed E-state index contributed by atoms with van der Waals surface area (Å²) in [5.74, 6) is -1.50. The predicted molar refractivity (Wildman–Crippen MR) is 132 cm³/mol. The molecule has 2 aliphatic rings. The van der Waals surface area contributed by atoms with Crippen LogP contribution in [0.15, 0.2) is 40.8 Å². The number of anilines is 1. The molecule has 2 heterocycles. The number of amides is 4. The van der Waals surface area contributed by atoms with Crippen molar-refractivity contribution in [3.8, 4) is 5.75 Å². The number of nitrogens with zero attached hydrogens (tertiary/aromatic N) is 3. The zero-order chi connectivity index (χ0) is 26.5. The Morgan fingerprint density at radius 1 is 1.05 bits per heavy atom. The van der Waals surface area contributed by atoms with Crippen LogP contribution in [0.3, 0.4) is 0 Å². The fourth-order valence-corrected chi connectivity index (χ4v) is 4.62. The molecule has 0 spiro atoms. The second-order valence-corrected chi connectivity index (χ2v) is 9.09. The van der Waals surface area contributed by atoms with Gasteiger partial charge in [0.15, 0.2) is 11.9 Å². The van der Waals surface area contributed by atoms with Gasteiger partial charge in [0.1, 0.15) is 10.7 Å². The third-order valence-electron chi connectivity index (χ3n) is 6.59. The SMILES string of the molecule is COc1ccc(NC(=O)N2CCCN(C(=O)c3ccc([N+](=O)[O-])o3)C2C(=O)NC2CCC(N)CC2)cc1. The van der Waals surface area contributed by atoms with Crippen LogP contribution < -0.4 is 21.1 Å². The number of ether oxygens (including phenoxy) is 1. The quantitative estimate of drug-likeness (QED) is 0.389. The van der Waals surface area contributed by atoms with Gasteiger partial charge in [-0.3, -0.25) is 24.6 Å². The smallest absolute Gasteiger partial charge is 0.433 e. The van der Waals surface area contributed by atoms with Crippen LogP contribution in [0, 0.1) is 10.1 Å². The summed E-state index contributed by atoms with van der Waals surface area (Å²) in [4.78, 5) is 53.0. The van der Waals surface area contributed by atoms with Gasteiger partial charge in [-0.25, -0.2) is 4.79 Å². The van der Waals surface area contributed by atoms with Gasteiger partial charge in [0, 0.05) is 30.9 Å². The number of hydrogen-bond donors (Lipinski definition) is 3. The Labute approximate surface area is 213 Å². The van der Waals surface area contributed by atoms with Gasteiger partial charge in [-0.1, -0.05) is 0 Å². The van der Waals surface area contributed by atoms with E-state index >= 15 is 0 Å². The highest BCUT2D eigenvalue weighted by atomic mass is 16.6. The van der Waals surface area contributed by atoms with Crippen molar-refractivity contribution in [2.24, 2.45) is 5.73 Å². The Morgan fingerprint density at radius 2 is 1.73 bits per heavy atom. The molecular weight excluding hydrogens is 484 g/mol. The van der Waals surface area contributed by atoms with Crippen molar-refractivity contribution in [2.45, 2.75) is 50.4 Å². The maximum Gasteiger partial charge on any atom is 0.433 e. The van der Waals surface area contributed by atoms with E-state index in [9.17, 15) is 24.5 Å². The number of rotatable bonds is 6. The van der Waals surface area contributed by atoms with E-state index in [0.717, 1.165) is 18.9 Å². The molecule has 0 bridgehead atoms. The normalized spacial score (nSPS) is 21.7. The zero-order valence-corrected chi connectivity index (χ0v) is 20.4. The fraction of sp³-hybridized carbons (Fsp3) is 0.458. The van der Waals surface area contributed by atoms with Crippen LogP contribution in [0.1, 0.15) is 42.7 Å². The number of nitrogens with two attached hydrogens (primary N) is 1. The van der Waals surface area contributed by atoms with Gasteiger partial charge in [-0.2, -0.15) is 0 Å². The van der Waals surface area contributed by atoms with Crippen LogP contribution in [0.2, 0.25) is 0 Å². The minimum absolute atomic E-state index is 0.0856. The maximum absolute atomic E-state index is 13.5. The van der Waals surface area contributed by atoms with E-state index in [2.05, 4.69) is 10.6 Å². The molecule has 198 valence electrons. The van der Waals surface area contributed by atoms with E-state index in [0.29, 0.717) is 30.7 Å². The number of hydrogen-bond acceptors (Lipinski definition) is 8. The molecule has 1 aromatic heterocycles. The van der Waals surface area contributed by atoms with E-state index < -0.39 is 34.8 Å². The fourth-order valence-electron chi connectivity index (χ4n) is 4.62. The number of benzene rings is 1. The van der Waals surface area contributed by atoms with Crippen LogP contribution in [0.5, 0.6) is 5.75 Å². The average molecular weight is 515 g/mol. The largest absolute Gasteiger partial charge is 0.497 e. The van der Waals surface area contributed by atoms with Gasteiger partial charge in [-0.15, -0.1) is 0 Å². The van der Waals surface area contributed by atoms with Crippen LogP contribution in [0.4, 0.5) is 16.4 Å². The molecule has 1 atom stereocenters. The molecule has 1 aliphatic heterocycles. The highest BCUT2D eigenvalue weighted by Gasteiger charge is 2.42. The minimum atomic E-state index is -1.28. The first-order chi connectivity index (χ1) is 17.8. The zero-order valence-electron chi connectivity index (χ0n) is 20.4. The molecule has 1 saturated carbocycles. The summed E-state index contributed by atoms with van der Waals surface area (Å²) in [5.41, 5.74) is 6.46. The van der Waals surface area contributed by atoms with Crippen LogP contribution in [-0.4, -0.2) is 71.0 Å². The molecule has 0 radical (unpaired) electrons. The lowest BCUT2D eigenvalue weighted by atomic mass is 9.91. The molecule has 1 saturated heterocycles. The van der Waals surface area contributed by atoms with Crippen molar-refractivity contribution in [2.75, 3.05) is 25.5 Å². The van der Waals surface area contributed by atoms with Crippen LogP contribution >= 0.6 is 0 Å². The van der Waals surface area contributed by atoms with Crippen molar-refractivity contribution in [3.05, 3.63) is 52.3 Å². The van der Waals surface area contributed by atoms with E-state index in [1.165, 1.54) is 23.0 Å². The molecule has 13 heteroatoms. The van der Waals surface area contributed by atoms with E-state index in [1.54, 1.807) is 24.3 Å². The number of nitrogens with one attached hydrogen (secondary N) is 2. The summed E-state index contributed by atoms with van der Waals surface area (Å²) in [6, 6.07) is 8.33. The molecule has 37 heavy (non-hydrogen) atoms. The van der Waals surface area contributed by atoms with Crippen molar-refractivity contribution in [1.29, 1.82) is 0 Å². The number of furan rings is 1. The average Bonchev–Trinajstić information content (AvgIpc) is 3.40. The number of urea groups is 1. The molecule has 4 N–H and O–H groups in total. The lowest BCUT2D eigenvalue weighted by Crippen LogP contribution is -2.65. The lowest BCUT2D eigenvalue weighted by molar-refractivity contribution is -0.402. The van der Waals surface area contributed by atoms with Crippen molar-refractivity contribution in [3.63, 3.8) is 0 Å². The van der Waals surface area contributed by atoms with E-state index in [-0.39, 0.29) is 30.9 Å². The standard InChI is InChI=1S/C24H30N6O7/c1-36-18-9-7-17(8-10-18)27-24(33)29-14-2-13-28(23(32)19-11-12-20(37-19)30(34)35)22(29)21(31)26-16-5-3-15(25)4-6-16/h7-12,15-16,22H,2-6,13-14,25H2,1H3,(H,26,31)(H,27,33). The monoisotopic (exact) mass is 514 g/mol. The summed E-state index contributed by atoms with van der Waals surface area (Å²) in [6.45, 7) is 0.380. The Balaban J connectivity index is 1.58. The Kier molecular flexibility index (Phi) is 7.92. The topological polar surface area (TPSA) is 173 Å². The summed E-state index contributed by atoms with van der Waals surface area (Å²) in [5, 5.41) is 16.8. The molecule has 1 unspecified atom stereocenters.